The topological polar surface area (TPSA) is 155 Å². The van der Waals surface area contributed by atoms with Crippen LogP contribution >= 0.6 is 11.3 Å². The first-order valence-electron chi connectivity index (χ1n) is 8.88. The number of hydrazine groups is 1. The molecule has 0 radical (unpaired) electrons. The molecule has 0 aromatic carbocycles. The van der Waals surface area contributed by atoms with Crippen LogP contribution in [0.3, 0.4) is 0 Å². The van der Waals surface area contributed by atoms with Crippen molar-refractivity contribution < 1.29 is 28.0 Å². The van der Waals surface area contributed by atoms with Gasteiger partial charge < -0.3 is 15.7 Å². The summed E-state index contributed by atoms with van der Waals surface area (Å²) in [4.78, 5) is 34.0. The van der Waals surface area contributed by atoms with E-state index in [9.17, 15) is 23.1 Å². The standard InChI is InChI=1S/C17H21N5O6S2/c1-3-4-5-28-20-13(11-9-29-17(18)19-11)15(23)10-6-21-8-12(30(2,26)27)14(16(24)25)22(21)7-10/h3,9-10H,1,4-8H2,2H3,(H2,18,19)(H,24,25)/b20-13-/t10-/m0/s1. The molecule has 1 aromatic rings. The van der Waals surface area contributed by atoms with Crippen molar-refractivity contribution in [3.05, 3.63) is 34.3 Å². The molecule has 0 saturated carbocycles. The lowest BCUT2D eigenvalue weighted by molar-refractivity contribution is -0.135. The number of fused-ring (bicyclic) bond motifs is 1. The Morgan fingerprint density at radius 1 is 1.50 bits per heavy atom. The van der Waals surface area contributed by atoms with Gasteiger partial charge in [0.05, 0.1) is 17.4 Å². The Bertz CT molecular complexity index is 1040. The second-order valence-corrected chi connectivity index (χ2v) is 9.69. The predicted octanol–water partition coefficient (Wildman–Crippen LogP) is 0.0944. The number of Topliss-reactive ketones (excluding diaryl/α,β-unsaturated/α-hetero) is 1. The van der Waals surface area contributed by atoms with Crippen molar-refractivity contribution in [3.63, 3.8) is 0 Å². The number of hydrogen-bond acceptors (Lipinski definition) is 11. The van der Waals surface area contributed by atoms with E-state index >= 15 is 0 Å². The molecule has 11 nitrogen and oxygen atoms in total. The van der Waals surface area contributed by atoms with E-state index in [0.29, 0.717) is 6.42 Å². The number of nitrogen functional groups attached to an aromatic ring is 1. The fraction of sp³-hybridized carbons (Fsp3) is 0.412. The zero-order valence-corrected chi connectivity index (χ0v) is 17.8. The second-order valence-electron chi connectivity index (χ2n) is 6.76. The summed E-state index contributed by atoms with van der Waals surface area (Å²) in [6, 6.07) is 0. The van der Waals surface area contributed by atoms with Crippen LogP contribution in [0.4, 0.5) is 5.13 Å². The summed E-state index contributed by atoms with van der Waals surface area (Å²) in [5.41, 5.74) is 5.61. The third-order valence-electron chi connectivity index (χ3n) is 4.60. The highest BCUT2D eigenvalue weighted by molar-refractivity contribution is 7.94. The molecule has 1 atom stereocenters. The number of carbonyl (C=O) groups is 2. The molecular weight excluding hydrogens is 434 g/mol. The van der Waals surface area contributed by atoms with Crippen molar-refractivity contribution in [2.75, 3.05) is 38.2 Å². The number of carboxylic acids is 1. The minimum absolute atomic E-state index is 0.00475. The summed E-state index contributed by atoms with van der Waals surface area (Å²) in [5, 5.41) is 18.2. The summed E-state index contributed by atoms with van der Waals surface area (Å²) in [6.07, 6.45) is 3.15. The van der Waals surface area contributed by atoms with E-state index in [-0.39, 0.29) is 59.2 Å². The van der Waals surface area contributed by atoms with Crippen LogP contribution < -0.4 is 5.73 Å². The van der Waals surface area contributed by atoms with Crippen LogP contribution in [0.2, 0.25) is 0 Å². The van der Waals surface area contributed by atoms with Crippen LogP contribution in [0, 0.1) is 5.92 Å². The summed E-state index contributed by atoms with van der Waals surface area (Å²) in [6.45, 7) is 3.86. The molecule has 2 aliphatic heterocycles. The summed E-state index contributed by atoms with van der Waals surface area (Å²) in [7, 11) is -3.69. The van der Waals surface area contributed by atoms with Gasteiger partial charge in [0.2, 0.25) is 0 Å². The smallest absolute Gasteiger partial charge is 0.354 e. The lowest BCUT2D eigenvalue weighted by Gasteiger charge is -2.21. The molecule has 2 aliphatic rings. The van der Waals surface area contributed by atoms with E-state index in [0.717, 1.165) is 17.6 Å². The maximum Gasteiger partial charge on any atom is 0.354 e. The fourth-order valence-corrected chi connectivity index (χ4v) is 4.72. The lowest BCUT2D eigenvalue weighted by Crippen LogP contribution is -2.32. The number of nitrogens with two attached hydrogens (primary N) is 1. The van der Waals surface area contributed by atoms with E-state index in [1.165, 1.54) is 10.0 Å². The van der Waals surface area contributed by atoms with Crippen LogP contribution in [-0.2, 0) is 24.3 Å². The maximum atomic E-state index is 13.2. The van der Waals surface area contributed by atoms with Crippen LogP contribution in [0.1, 0.15) is 12.1 Å². The van der Waals surface area contributed by atoms with Crippen LogP contribution in [0.5, 0.6) is 0 Å². The Morgan fingerprint density at radius 2 is 2.23 bits per heavy atom. The molecule has 0 aliphatic carbocycles. The average molecular weight is 456 g/mol. The van der Waals surface area contributed by atoms with Crippen molar-refractivity contribution in [2.45, 2.75) is 6.42 Å². The molecule has 0 unspecified atom stereocenters. The van der Waals surface area contributed by atoms with Crippen molar-refractivity contribution in [1.82, 2.24) is 15.0 Å². The first-order valence-corrected chi connectivity index (χ1v) is 11.7. The molecule has 1 fully saturated rings. The predicted molar refractivity (Wildman–Crippen MR) is 110 cm³/mol. The van der Waals surface area contributed by atoms with E-state index in [1.807, 2.05) is 0 Å². The Labute approximate surface area is 177 Å². The van der Waals surface area contributed by atoms with E-state index in [2.05, 4.69) is 16.7 Å². The number of oxime groups is 1. The molecule has 3 rings (SSSR count). The first kappa shape index (κ1) is 21.9. The van der Waals surface area contributed by atoms with Crippen molar-refractivity contribution >= 4 is 43.8 Å². The van der Waals surface area contributed by atoms with Gasteiger partial charge in [-0.05, 0) is 0 Å². The number of rotatable bonds is 9. The number of nitrogens with zero attached hydrogens (tertiary/aromatic N) is 4. The van der Waals surface area contributed by atoms with Crippen LogP contribution in [-0.4, -0.2) is 78.5 Å². The quantitative estimate of drug-likeness (QED) is 0.226. The third kappa shape index (κ3) is 4.37. The summed E-state index contributed by atoms with van der Waals surface area (Å²) < 4.78 is 23.9. The lowest BCUT2D eigenvalue weighted by atomic mass is 9.99. The minimum atomic E-state index is -3.69. The molecule has 1 aromatic heterocycles. The van der Waals surface area contributed by atoms with Gasteiger partial charge in [-0.1, -0.05) is 11.2 Å². The number of aromatic nitrogens is 1. The van der Waals surface area contributed by atoms with E-state index in [4.69, 9.17) is 10.6 Å². The number of anilines is 1. The molecule has 3 heterocycles. The Balaban J connectivity index is 1.85. The summed E-state index contributed by atoms with van der Waals surface area (Å²) in [5.74, 6) is -2.40. The van der Waals surface area contributed by atoms with Gasteiger partial charge >= 0.3 is 5.97 Å². The van der Waals surface area contributed by atoms with Gasteiger partial charge in [-0.25, -0.2) is 23.2 Å². The maximum absolute atomic E-state index is 13.2. The highest BCUT2D eigenvalue weighted by atomic mass is 32.2. The molecule has 0 amide bonds. The molecule has 1 saturated heterocycles. The van der Waals surface area contributed by atoms with E-state index < -0.39 is 21.7 Å². The molecule has 30 heavy (non-hydrogen) atoms. The third-order valence-corrected chi connectivity index (χ3v) is 6.49. The number of ketones is 1. The number of thiazole rings is 1. The highest BCUT2D eigenvalue weighted by Crippen LogP contribution is 2.33. The molecule has 13 heteroatoms. The van der Waals surface area contributed by atoms with Gasteiger partial charge in [0.25, 0.3) is 0 Å². The number of carboxylic acid groups (broad SMARTS) is 1. The Hall–Kier alpha value is -2.77. The normalized spacial score (nSPS) is 19.8. The number of aliphatic carboxylic acids is 1. The molecule has 162 valence electrons. The minimum Gasteiger partial charge on any atom is -0.477 e. The van der Waals surface area contributed by atoms with E-state index in [1.54, 1.807) is 11.5 Å². The average Bonchev–Trinajstić information content (AvgIpc) is 3.34. The van der Waals surface area contributed by atoms with Gasteiger partial charge in [0.1, 0.15) is 12.3 Å². The van der Waals surface area contributed by atoms with Crippen LogP contribution in [0.15, 0.2) is 33.8 Å². The van der Waals surface area contributed by atoms with Crippen LogP contribution in [0.25, 0.3) is 0 Å². The SMILES string of the molecule is C=CCCO/N=C(\C(=O)[C@H]1CN2CC(S(C)(=O)=O)=C(C(=O)O)N2C1)c1csc(N)n1. The Morgan fingerprint density at radius 3 is 2.80 bits per heavy atom. The van der Waals surface area contributed by atoms with Crippen molar-refractivity contribution in [2.24, 2.45) is 11.1 Å². The van der Waals surface area contributed by atoms with Gasteiger partial charge in [0.15, 0.2) is 32.2 Å². The van der Waals surface area contributed by atoms with Gasteiger partial charge in [-0.2, -0.15) is 0 Å². The zero-order chi connectivity index (χ0) is 22.1. The van der Waals surface area contributed by atoms with Crippen molar-refractivity contribution in [3.8, 4) is 0 Å². The van der Waals surface area contributed by atoms with Gasteiger partial charge in [0, 0.05) is 31.1 Å². The largest absolute Gasteiger partial charge is 0.477 e. The number of hydrogen-bond donors (Lipinski definition) is 2. The summed E-state index contributed by atoms with van der Waals surface area (Å²) >= 11 is 1.15. The van der Waals surface area contributed by atoms with Gasteiger partial charge in [-0.15, -0.1) is 17.9 Å². The molecule has 3 N–H and O–H groups in total. The number of sulfone groups is 1. The van der Waals surface area contributed by atoms with Crippen molar-refractivity contribution in [1.29, 1.82) is 0 Å². The molecule has 0 bridgehead atoms. The molecular formula is C17H21N5O6S2. The first-order chi connectivity index (χ1) is 14.1. The van der Waals surface area contributed by atoms with Gasteiger partial charge in [-0.3, -0.25) is 9.80 Å². The highest BCUT2D eigenvalue weighted by Gasteiger charge is 2.46. The molecule has 0 spiro atoms. The monoisotopic (exact) mass is 455 g/mol. The second kappa shape index (κ2) is 8.53. The zero-order valence-electron chi connectivity index (χ0n) is 16.1. The Kier molecular flexibility index (Phi) is 6.24. The number of carbonyl (C=O) groups excluding carboxylic acids is 1. The fourth-order valence-electron chi connectivity index (χ4n) is 3.24.